The molecule has 2 atom stereocenters. The lowest BCUT2D eigenvalue weighted by molar-refractivity contribution is 0.100. The van der Waals surface area contributed by atoms with Crippen LogP contribution in [0.2, 0.25) is 0 Å². The maximum atomic E-state index is 11.2. The molecule has 0 aromatic heterocycles. The van der Waals surface area contributed by atoms with Crippen molar-refractivity contribution in [3.05, 3.63) is 23.8 Å². The number of rotatable bonds is 5. The summed E-state index contributed by atoms with van der Waals surface area (Å²) in [6.45, 7) is 3.23. The van der Waals surface area contributed by atoms with Gasteiger partial charge in [-0.25, -0.2) is 0 Å². The molecule has 1 aliphatic rings. The van der Waals surface area contributed by atoms with Gasteiger partial charge < -0.3 is 16.8 Å². The molecule has 5 N–H and O–H groups in total. The first-order valence-corrected chi connectivity index (χ1v) is 7.50. The molecule has 2 rings (SSSR count). The molecule has 0 saturated heterocycles. The fourth-order valence-corrected chi connectivity index (χ4v) is 3.17. The number of amides is 1. The number of nitrogens with two attached hydrogens (primary N) is 2. The third kappa shape index (κ3) is 3.65. The van der Waals surface area contributed by atoms with Gasteiger partial charge in [-0.3, -0.25) is 4.79 Å². The van der Waals surface area contributed by atoms with Gasteiger partial charge in [-0.1, -0.05) is 32.3 Å². The second-order valence-electron chi connectivity index (χ2n) is 5.98. The number of hydrogen-bond donors (Lipinski definition) is 3. The molecule has 4 nitrogen and oxygen atoms in total. The van der Waals surface area contributed by atoms with E-state index in [1.807, 2.05) is 12.1 Å². The number of carbonyl (C=O) groups excluding carboxylic acids is 1. The molecule has 1 aromatic rings. The monoisotopic (exact) mass is 275 g/mol. The highest BCUT2D eigenvalue weighted by Gasteiger charge is 2.18. The number of benzene rings is 1. The largest absolute Gasteiger partial charge is 0.396 e. The Labute approximate surface area is 120 Å². The van der Waals surface area contributed by atoms with Crippen molar-refractivity contribution < 1.29 is 4.79 Å². The van der Waals surface area contributed by atoms with Gasteiger partial charge >= 0.3 is 0 Å². The van der Waals surface area contributed by atoms with E-state index in [1.165, 1.54) is 25.7 Å². The smallest absolute Gasteiger partial charge is 0.250 e. The number of para-hydroxylation sites is 1. The summed E-state index contributed by atoms with van der Waals surface area (Å²) in [4.78, 5) is 11.2. The first-order valence-electron chi connectivity index (χ1n) is 7.50. The van der Waals surface area contributed by atoms with Crippen LogP contribution in [0.15, 0.2) is 18.2 Å². The van der Waals surface area contributed by atoms with Crippen molar-refractivity contribution in [1.82, 2.24) is 0 Å². The Morgan fingerprint density at radius 1 is 1.40 bits per heavy atom. The van der Waals surface area contributed by atoms with Crippen molar-refractivity contribution in [3.63, 3.8) is 0 Å². The van der Waals surface area contributed by atoms with Crippen molar-refractivity contribution in [2.24, 2.45) is 17.6 Å². The van der Waals surface area contributed by atoms with Crippen molar-refractivity contribution >= 4 is 17.3 Å². The van der Waals surface area contributed by atoms with Gasteiger partial charge in [-0.2, -0.15) is 0 Å². The second-order valence-corrected chi connectivity index (χ2v) is 5.98. The van der Waals surface area contributed by atoms with Crippen LogP contribution in [0.3, 0.4) is 0 Å². The quantitative estimate of drug-likeness (QED) is 0.722. The Morgan fingerprint density at radius 3 is 2.90 bits per heavy atom. The first kappa shape index (κ1) is 14.7. The van der Waals surface area contributed by atoms with Crippen molar-refractivity contribution in [2.45, 2.75) is 39.0 Å². The summed E-state index contributed by atoms with van der Waals surface area (Å²) in [5, 5.41) is 3.34. The zero-order chi connectivity index (χ0) is 14.5. The fraction of sp³-hybridized carbons (Fsp3) is 0.562. The summed E-state index contributed by atoms with van der Waals surface area (Å²) in [5.74, 6) is 1.19. The van der Waals surface area contributed by atoms with Gasteiger partial charge in [0.2, 0.25) is 0 Å². The van der Waals surface area contributed by atoms with E-state index in [-0.39, 0.29) is 0 Å². The molecule has 1 saturated carbocycles. The lowest BCUT2D eigenvalue weighted by Gasteiger charge is -2.26. The molecular formula is C16H25N3O. The van der Waals surface area contributed by atoms with E-state index in [0.717, 1.165) is 30.5 Å². The zero-order valence-electron chi connectivity index (χ0n) is 12.2. The van der Waals surface area contributed by atoms with Gasteiger partial charge in [0.1, 0.15) is 0 Å². The van der Waals surface area contributed by atoms with E-state index in [0.29, 0.717) is 11.3 Å². The van der Waals surface area contributed by atoms with Crippen LogP contribution in [0.4, 0.5) is 11.4 Å². The summed E-state index contributed by atoms with van der Waals surface area (Å²) < 4.78 is 0. The average molecular weight is 275 g/mol. The minimum Gasteiger partial charge on any atom is -0.396 e. The molecule has 20 heavy (non-hydrogen) atoms. The zero-order valence-corrected chi connectivity index (χ0v) is 12.2. The Balaban J connectivity index is 1.88. The van der Waals surface area contributed by atoms with Crippen LogP contribution in [0.5, 0.6) is 0 Å². The van der Waals surface area contributed by atoms with Gasteiger partial charge in [0.25, 0.3) is 5.91 Å². The van der Waals surface area contributed by atoms with Crippen LogP contribution in [0.25, 0.3) is 0 Å². The van der Waals surface area contributed by atoms with E-state index in [1.54, 1.807) is 6.07 Å². The van der Waals surface area contributed by atoms with Crippen LogP contribution in [0.1, 0.15) is 49.4 Å². The van der Waals surface area contributed by atoms with Gasteiger partial charge in [-0.15, -0.1) is 0 Å². The first-order chi connectivity index (χ1) is 9.58. The maximum Gasteiger partial charge on any atom is 0.250 e. The molecule has 110 valence electrons. The minimum absolute atomic E-state index is 0.390. The van der Waals surface area contributed by atoms with Crippen LogP contribution in [0, 0.1) is 11.8 Å². The molecule has 1 fully saturated rings. The van der Waals surface area contributed by atoms with Gasteiger partial charge in [-0.05, 0) is 36.8 Å². The minimum atomic E-state index is -0.479. The van der Waals surface area contributed by atoms with Crippen LogP contribution in [-0.2, 0) is 0 Å². The predicted octanol–water partition coefficient (Wildman–Crippen LogP) is 3.00. The molecule has 0 radical (unpaired) electrons. The Hall–Kier alpha value is -1.71. The molecule has 1 aromatic carbocycles. The standard InChI is InChI=1S/C16H25N3O/c1-11-4-2-5-12(10-11)8-9-19-14-7-3-6-13(15(14)17)16(18)20/h3,6-7,11-12,19H,2,4-5,8-10,17H2,1H3,(H2,18,20). The van der Waals surface area contributed by atoms with Gasteiger partial charge in [0.05, 0.1) is 16.9 Å². The second kappa shape index (κ2) is 6.64. The summed E-state index contributed by atoms with van der Waals surface area (Å²) in [5.41, 5.74) is 12.9. The lowest BCUT2D eigenvalue weighted by Crippen LogP contribution is -2.18. The lowest BCUT2D eigenvalue weighted by atomic mass is 9.81. The van der Waals surface area contributed by atoms with E-state index < -0.39 is 5.91 Å². The van der Waals surface area contributed by atoms with E-state index in [2.05, 4.69) is 12.2 Å². The Morgan fingerprint density at radius 2 is 2.20 bits per heavy atom. The van der Waals surface area contributed by atoms with Crippen molar-refractivity contribution in [2.75, 3.05) is 17.6 Å². The molecular weight excluding hydrogens is 250 g/mol. The van der Waals surface area contributed by atoms with Gasteiger partial charge in [0.15, 0.2) is 0 Å². The molecule has 2 unspecified atom stereocenters. The molecule has 1 amide bonds. The Bertz CT molecular complexity index is 473. The van der Waals surface area contributed by atoms with Gasteiger partial charge in [0, 0.05) is 6.54 Å². The molecule has 1 aliphatic carbocycles. The molecule has 0 aliphatic heterocycles. The number of carbonyl (C=O) groups is 1. The highest BCUT2D eigenvalue weighted by molar-refractivity contribution is 6.00. The highest BCUT2D eigenvalue weighted by Crippen LogP contribution is 2.31. The molecule has 0 heterocycles. The number of primary amides is 1. The predicted molar refractivity (Wildman–Crippen MR) is 83.6 cm³/mol. The van der Waals surface area contributed by atoms with Crippen LogP contribution in [-0.4, -0.2) is 12.5 Å². The summed E-state index contributed by atoms with van der Waals surface area (Å²) in [7, 11) is 0. The number of nitrogen functional groups attached to an aromatic ring is 1. The maximum absolute atomic E-state index is 11.2. The number of nitrogens with one attached hydrogen (secondary N) is 1. The third-order valence-electron chi connectivity index (χ3n) is 4.28. The molecule has 0 bridgehead atoms. The van der Waals surface area contributed by atoms with E-state index in [4.69, 9.17) is 11.5 Å². The Kier molecular flexibility index (Phi) is 4.88. The fourth-order valence-electron chi connectivity index (χ4n) is 3.17. The molecule has 0 spiro atoms. The SMILES string of the molecule is CC1CCCC(CCNc2cccc(C(N)=O)c2N)C1. The normalized spacial score (nSPS) is 22.4. The van der Waals surface area contributed by atoms with Crippen molar-refractivity contribution in [1.29, 1.82) is 0 Å². The van der Waals surface area contributed by atoms with E-state index in [9.17, 15) is 4.79 Å². The average Bonchev–Trinajstić information content (AvgIpc) is 2.40. The number of anilines is 2. The summed E-state index contributed by atoms with van der Waals surface area (Å²) in [6, 6.07) is 5.36. The summed E-state index contributed by atoms with van der Waals surface area (Å²) in [6.07, 6.45) is 6.55. The third-order valence-corrected chi connectivity index (χ3v) is 4.28. The number of hydrogen-bond acceptors (Lipinski definition) is 3. The van der Waals surface area contributed by atoms with Crippen LogP contribution < -0.4 is 16.8 Å². The molecule has 4 heteroatoms. The van der Waals surface area contributed by atoms with E-state index >= 15 is 0 Å². The summed E-state index contributed by atoms with van der Waals surface area (Å²) >= 11 is 0. The highest BCUT2D eigenvalue weighted by atomic mass is 16.1. The van der Waals surface area contributed by atoms with Crippen LogP contribution >= 0.6 is 0 Å². The topological polar surface area (TPSA) is 81.1 Å². The van der Waals surface area contributed by atoms with Crippen molar-refractivity contribution in [3.8, 4) is 0 Å².